The monoisotopic (exact) mass is 411 g/mol. The molecule has 1 saturated carbocycles. The highest BCUT2D eigenvalue weighted by Gasteiger charge is 2.47. The van der Waals surface area contributed by atoms with E-state index in [1.165, 1.54) is 41.8 Å². The van der Waals surface area contributed by atoms with Crippen molar-refractivity contribution < 1.29 is 4.39 Å². The van der Waals surface area contributed by atoms with Crippen LogP contribution in [0.3, 0.4) is 0 Å². The van der Waals surface area contributed by atoms with E-state index in [4.69, 9.17) is 4.98 Å². The molecule has 4 heteroatoms. The van der Waals surface area contributed by atoms with Crippen molar-refractivity contribution in [3.8, 4) is 5.69 Å². The quantitative estimate of drug-likeness (QED) is 0.466. The van der Waals surface area contributed by atoms with E-state index < -0.39 is 0 Å². The minimum atomic E-state index is -0.222. The fourth-order valence-electron chi connectivity index (χ4n) is 6.16. The lowest BCUT2D eigenvalue weighted by Crippen LogP contribution is -2.39. The number of rotatable bonds is 2. The molecule has 3 atom stereocenters. The summed E-state index contributed by atoms with van der Waals surface area (Å²) in [7, 11) is 0. The maximum atomic E-state index is 13.4. The number of allylic oxidation sites excluding steroid dienone is 3. The van der Waals surface area contributed by atoms with Crippen molar-refractivity contribution in [3.05, 3.63) is 94.8 Å². The number of halogens is 1. The average Bonchev–Trinajstić information content (AvgIpc) is 3.20. The molecular formula is C27H26FN3. The normalized spacial score (nSPS) is 26.9. The average molecular weight is 412 g/mol. The van der Waals surface area contributed by atoms with Crippen LogP contribution in [0, 0.1) is 17.2 Å². The van der Waals surface area contributed by atoms with Crippen molar-refractivity contribution in [1.82, 2.24) is 14.8 Å². The van der Waals surface area contributed by atoms with E-state index in [2.05, 4.69) is 36.3 Å². The minimum Gasteiger partial charge on any atom is -0.261 e. The van der Waals surface area contributed by atoms with Gasteiger partial charge in [-0.25, -0.2) is 9.07 Å². The molecule has 3 aliphatic rings. The van der Waals surface area contributed by atoms with Crippen LogP contribution in [0.4, 0.5) is 4.39 Å². The molecule has 6 rings (SSSR count). The Morgan fingerprint density at radius 3 is 2.74 bits per heavy atom. The molecule has 0 radical (unpaired) electrons. The zero-order valence-corrected chi connectivity index (χ0v) is 17.8. The van der Waals surface area contributed by atoms with Gasteiger partial charge >= 0.3 is 0 Å². The molecule has 31 heavy (non-hydrogen) atoms. The number of pyridine rings is 1. The van der Waals surface area contributed by atoms with Crippen LogP contribution in [0.25, 0.3) is 11.8 Å². The van der Waals surface area contributed by atoms with Crippen molar-refractivity contribution in [3.63, 3.8) is 0 Å². The zero-order chi connectivity index (χ0) is 21.0. The Kier molecular flexibility index (Phi) is 4.24. The molecule has 2 heterocycles. The first kappa shape index (κ1) is 18.7. The van der Waals surface area contributed by atoms with Crippen LogP contribution < -0.4 is 0 Å². The Balaban J connectivity index is 1.38. The molecule has 0 bridgehead atoms. The van der Waals surface area contributed by atoms with Crippen molar-refractivity contribution in [1.29, 1.82) is 0 Å². The lowest BCUT2D eigenvalue weighted by Gasteiger charge is -2.49. The maximum Gasteiger partial charge on any atom is 0.123 e. The van der Waals surface area contributed by atoms with Crippen LogP contribution >= 0.6 is 0 Å². The van der Waals surface area contributed by atoms with Crippen LogP contribution in [-0.4, -0.2) is 14.8 Å². The number of hydrogen-bond donors (Lipinski definition) is 0. The summed E-state index contributed by atoms with van der Waals surface area (Å²) < 4.78 is 15.4. The Labute approximate surface area is 182 Å². The van der Waals surface area contributed by atoms with Gasteiger partial charge in [0.2, 0.25) is 0 Å². The number of fused-ring (bicyclic) bond motifs is 4. The van der Waals surface area contributed by atoms with Gasteiger partial charge in [-0.3, -0.25) is 4.98 Å². The summed E-state index contributed by atoms with van der Waals surface area (Å²) in [6.45, 7) is 2.43. The Bertz CT molecular complexity index is 1190. The third-order valence-electron chi connectivity index (χ3n) is 7.68. The zero-order valence-electron chi connectivity index (χ0n) is 17.8. The molecule has 2 aromatic heterocycles. The molecule has 3 nitrogen and oxygen atoms in total. The molecule has 0 saturated heterocycles. The van der Waals surface area contributed by atoms with Gasteiger partial charge in [0.1, 0.15) is 5.82 Å². The molecule has 0 spiro atoms. The smallest absolute Gasteiger partial charge is 0.123 e. The van der Waals surface area contributed by atoms with Crippen molar-refractivity contribution in [2.75, 3.05) is 0 Å². The van der Waals surface area contributed by atoms with Crippen LogP contribution in [-0.2, 0) is 6.42 Å². The lowest BCUT2D eigenvalue weighted by molar-refractivity contribution is 0.278. The van der Waals surface area contributed by atoms with Gasteiger partial charge in [0.25, 0.3) is 0 Å². The highest BCUT2D eigenvalue weighted by molar-refractivity contribution is 5.63. The largest absolute Gasteiger partial charge is 0.261 e. The van der Waals surface area contributed by atoms with E-state index in [0.29, 0.717) is 11.8 Å². The Morgan fingerprint density at radius 1 is 1.06 bits per heavy atom. The topological polar surface area (TPSA) is 30.7 Å². The molecule has 0 N–H and O–H groups in total. The van der Waals surface area contributed by atoms with Crippen molar-refractivity contribution >= 4 is 6.08 Å². The summed E-state index contributed by atoms with van der Waals surface area (Å²) in [5.41, 5.74) is 7.74. The van der Waals surface area contributed by atoms with E-state index >= 15 is 0 Å². The number of hydrogen-bond acceptors (Lipinski definition) is 2. The van der Waals surface area contributed by atoms with E-state index in [1.807, 2.05) is 23.1 Å². The van der Waals surface area contributed by atoms with Gasteiger partial charge in [0.15, 0.2) is 0 Å². The maximum absolute atomic E-state index is 13.4. The van der Waals surface area contributed by atoms with Gasteiger partial charge in [-0.2, -0.15) is 5.10 Å². The molecule has 0 aliphatic heterocycles. The van der Waals surface area contributed by atoms with E-state index in [9.17, 15) is 4.39 Å². The first-order chi connectivity index (χ1) is 15.1. The van der Waals surface area contributed by atoms with Gasteiger partial charge in [0, 0.05) is 23.2 Å². The minimum absolute atomic E-state index is 0.0556. The molecule has 1 fully saturated rings. The summed E-state index contributed by atoms with van der Waals surface area (Å²) in [6.07, 6.45) is 14.4. The summed E-state index contributed by atoms with van der Waals surface area (Å²) in [5, 5.41) is 4.67. The van der Waals surface area contributed by atoms with Crippen LogP contribution in [0.5, 0.6) is 0 Å². The second kappa shape index (κ2) is 7.01. The molecule has 0 amide bonds. The SMILES string of the molecule is CC12Cc3cnn(-c4ccc(F)cc4)c3C=C1CCC1C2=CCCC1c1ccccn1. The van der Waals surface area contributed by atoms with Gasteiger partial charge in [-0.05, 0) is 86.1 Å². The fraction of sp³-hybridized carbons (Fsp3) is 0.333. The van der Waals surface area contributed by atoms with E-state index in [0.717, 1.165) is 30.6 Å². The molecular weight excluding hydrogens is 385 g/mol. The van der Waals surface area contributed by atoms with Crippen molar-refractivity contribution in [2.24, 2.45) is 11.3 Å². The highest BCUT2D eigenvalue weighted by Crippen LogP contribution is 2.57. The fourth-order valence-corrected chi connectivity index (χ4v) is 6.16. The molecule has 156 valence electrons. The number of nitrogens with zero attached hydrogens (tertiary/aromatic N) is 3. The summed E-state index contributed by atoms with van der Waals surface area (Å²) in [4.78, 5) is 4.72. The summed E-state index contributed by atoms with van der Waals surface area (Å²) in [6, 6.07) is 12.9. The van der Waals surface area contributed by atoms with Gasteiger partial charge in [-0.1, -0.05) is 30.2 Å². The number of aromatic nitrogens is 3. The van der Waals surface area contributed by atoms with Gasteiger partial charge in [-0.15, -0.1) is 0 Å². The van der Waals surface area contributed by atoms with Crippen LogP contribution in [0.2, 0.25) is 0 Å². The lowest BCUT2D eigenvalue weighted by atomic mass is 9.55. The first-order valence-electron chi connectivity index (χ1n) is 11.3. The van der Waals surface area contributed by atoms with Crippen LogP contribution in [0.1, 0.15) is 55.5 Å². The summed E-state index contributed by atoms with van der Waals surface area (Å²) >= 11 is 0. The predicted molar refractivity (Wildman–Crippen MR) is 120 cm³/mol. The number of benzene rings is 1. The molecule has 3 unspecified atom stereocenters. The Hall–Kier alpha value is -3.01. The highest BCUT2D eigenvalue weighted by atomic mass is 19.1. The molecule has 1 aromatic carbocycles. The summed E-state index contributed by atoms with van der Waals surface area (Å²) in [5.74, 6) is 0.864. The third-order valence-corrected chi connectivity index (χ3v) is 7.68. The molecule has 3 aromatic rings. The third kappa shape index (κ3) is 2.92. The predicted octanol–water partition coefficient (Wildman–Crippen LogP) is 6.27. The first-order valence-corrected chi connectivity index (χ1v) is 11.3. The second-order valence-corrected chi connectivity index (χ2v) is 9.36. The van der Waals surface area contributed by atoms with E-state index in [1.54, 1.807) is 17.7 Å². The van der Waals surface area contributed by atoms with Gasteiger partial charge < -0.3 is 0 Å². The van der Waals surface area contributed by atoms with Crippen LogP contribution in [0.15, 0.2) is 72.1 Å². The van der Waals surface area contributed by atoms with Gasteiger partial charge in [0.05, 0.1) is 17.6 Å². The molecule has 3 aliphatic carbocycles. The Morgan fingerprint density at radius 2 is 1.94 bits per heavy atom. The van der Waals surface area contributed by atoms with Crippen molar-refractivity contribution in [2.45, 2.75) is 44.9 Å². The van der Waals surface area contributed by atoms with E-state index in [-0.39, 0.29) is 11.2 Å². The standard InChI is InChI=1S/C27H26FN3/c1-27-16-18-17-30-31(21-11-9-20(28)10-12-21)26(18)15-19(27)8-13-22-23(5-4-6-24(22)27)25-7-2-3-14-29-25/h2-3,6-7,9-12,14-15,17,22-23H,4-5,8,13,16H2,1H3. The second-order valence-electron chi connectivity index (χ2n) is 9.36.